The molecule has 1 aromatic heterocycles. The maximum absolute atomic E-state index is 12.3. The van der Waals surface area contributed by atoms with Crippen molar-refractivity contribution in [2.75, 3.05) is 12.8 Å². The molecular formula is C16H19N3O2. The summed E-state index contributed by atoms with van der Waals surface area (Å²) in [6, 6.07) is 9.10. The highest BCUT2D eigenvalue weighted by atomic mass is 16.5. The van der Waals surface area contributed by atoms with E-state index in [0.717, 1.165) is 11.3 Å². The molecule has 2 rings (SSSR count). The Kier molecular flexibility index (Phi) is 4.42. The minimum absolute atomic E-state index is 0.121. The van der Waals surface area contributed by atoms with Gasteiger partial charge in [-0.25, -0.2) is 0 Å². The monoisotopic (exact) mass is 285 g/mol. The molecule has 1 heterocycles. The van der Waals surface area contributed by atoms with E-state index in [0.29, 0.717) is 16.9 Å². The topological polar surface area (TPSA) is 77.2 Å². The number of amides is 1. The Bertz CT molecular complexity index is 638. The quantitative estimate of drug-likeness (QED) is 0.904. The van der Waals surface area contributed by atoms with Crippen LogP contribution in [-0.2, 0) is 0 Å². The Morgan fingerprint density at radius 3 is 2.62 bits per heavy atom. The molecule has 1 atom stereocenters. The number of carbonyl (C=O) groups is 1. The number of pyridine rings is 1. The molecular weight excluding hydrogens is 266 g/mol. The molecule has 0 saturated carbocycles. The first-order chi connectivity index (χ1) is 10.0. The van der Waals surface area contributed by atoms with Gasteiger partial charge in [-0.15, -0.1) is 0 Å². The number of carbonyl (C=O) groups excluding carboxylic acids is 1. The molecule has 3 N–H and O–H groups in total. The van der Waals surface area contributed by atoms with Crippen LogP contribution in [0.2, 0.25) is 0 Å². The Morgan fingerprint density at radius 2 is 2.00 bits per heavy atom. The Morgan fingerprint density at radius 1 is 1.33 bits per heavy atom. The van der Waals surface area contributed by atoms with Crippen LogP contribution in [0.1, 0.15) is 34.6 Å². The van der Waals surface area contributed by atoms with Crippen LogP contribution in [0.15, 0.2) is 36.5 Å². The van der Waals surface area contributed by atoms with Crippen molar-refractivity contribution in [2.45, 2.75) is 19.9 Å². The number of rotatable bonds is 4. The molecule has 1 aromatic carbocycles. The summed E-state index contributed by atoms with van der Waals surface area (Å²) in [6.45, 7) is 3.71. The molecule has 1 amide bonds. The maximum Gasteiger partial charge on any atom is 0.253 e. The highest BCUT2D eigenvalue weighted by Crippen LogP contribution is 2.18. The fraction of sp³-hybridized carbons (Fsp3) is 0.250. The van der Waals surface area contributed by atoms with Gasteiger partial charge in [0, 0.05) is 0 Å². The molecule has 0 aliphatic heterocycles. The van der Waals surface area contributed by atoms with Crippen molar-refractivity contribution in [1.29, 1.82) is 0 Å². The second-order valence-electron chi connectivity index (χ2n) is 4.87. The summed E-state index contributed by atoms with van der Waals surface area (Å²) in [6.07, 6.45) is 1.54. The van der Waals surface area contributed by atoms with Crippen LogP contribution >= 0.6 is 0 Å². The van der Waals surface area contributed by atoms with E-state index in [2.05, 4.69) is 10.3 Å². The minimum Gasteiger partial charge on any atom is -0.497 e. The van der Waals surface area contributed by atoms with Crippen LogP contribution in [0.3, 0.4) is 0 Å². The standard InChI is InChI=1S/C16H19N3O2/c1-10(12-4-6-14(21-3)7-5-12)19-16(20)15-8-13(17)9-18-11(15)2/h4-10H,17H2,1-3H3,(H,19,20). The number of methoxy groups -OCH3 is 1. The van der Waals surface area contributed by atoms with Crippen molar-refractivity contribution >= 4 is 11.6 Å². The van der Waals surface area contributed by atoms with Crippen molar-refractivity contribution in [1.82, 2.24) is 10.3 Å². The van der Waals surface area contributed by atoms with E-state index in [-0.39, 0.29) is 11.9 Å². The number of nitrogens with one attached hydrogen (secondary N) is 1. The van der Waals surface area contributed by atoms with Gasteiger partial charge in [0.1, 0.15) is 5.75 Å². The molecule has 0 aliphatic rings. The zero-order chi connectivity index (χ0) is 15.4. The van der Waals surface area contributed by atoms with Crippen molar-refractivity contribution in [3.63, 3.8) is 0 Å². The van der Waals surface area contributed by atoms with Gasteiger partial charge in [-0.05, 0) is 37.6 Å². The normalized spacial score (nSPS) is 11.8. The molecule has 1 unspecified atom stereocenters. The Labute approximate surface area is 124 Å². The lowest BCUT2D eigenvalue weighted by molar-refractivity contribution is 0.0939. The molecule has 21 heavy (non-hydrogen) atoms. The zero-order valence-electron chi connectivity index (χ0n) is 12.4. The summed E-state index contributed by atoms with van der Waals surface area (Å²) in [5.41, 5.74) is 8.31. The van der Waals surface area contributed by atoms with E-state index in [9.17, 15) is 4.79 Å². The third-order valence-corrected chi connectivity index (χ3v) is 3.32. The fourth-order valence-corrected chi connectivity index (χ4v) is 2.03. The summed E-state index contributed by atoms with van der Waals surface area (Å²) in [5.74, 6) is 0.601. The van der Waals surface area contributed by atoms with Gasteiger partial charge in [-0.1, -0.05) is 12.1 Å². The highest BCUT2D eigenvalue weighted by molar-refractivity contribution is 5.96. The largest absolute Gasteiger partial charge is 0.497 e. The zero-order valence-corrected chi connectivity index (χ0v) is 12.4. The number of ether oxygens (including phenoxy) is 1. The molecule has 0 radical (unpaired) electrons. The Hall–Kier alpha value is -2.56. The third-order valence-electron chi connectivity index (χ3n) is 3.32. The number of hydrogen-bond acceptors (Lipinski definition) is 4. The van der Waals surface area contributed by atoms with Crippen LogP contribution in [-0.4, -0.2) is 18.0 Å². The van der Waals surface area contributed by atoms with Gasteiger partial charge in [-0.2, -0.15) is 0 Å². The molecule has 0 spiro atoms. The predicted molar refractivity (Wildman–Crippen MR) is 82.3 cm³/mol. The molecule has 5 nitrogen and oxygen atoms in total. The number of benzene rings is 1. The Balaban J connectivity index is 2.12. The average Bonchev–Trinajstić information content (AvgIpc) is 2.49. The van der Waals surface area contributed by atoms with Gasteiger partial charge in [0.15, 0.2) is 0 Å². The van der Waals surface area contributed by atoms with Crippen LogP contribution < -0.4 is 15.8 Å². The van der Waals surface area contributed by atoms with Crippen LogP contribution in [0.4, 0.5) is 5.69 Å². The molecule has 5 heteroatoms. The lowest BCUT2D eigenvalue weighted by atomic mass is 10.1. The van der Waals surface area contributed by atoms with Crippen LogP contribution in [0, 0.1) is 6.92 Å². The molecule has 110 valence electrons. The van der Waals surface area contributed by atoms with E-state index in [1.165, 1.54) is 0 Å². The number of anilines is 1. The van der Waals surface area contributed by atoms with Gasteiger partial charge < -0.3 is 15.8 Å². The second-order valence-corrected chi connectivity index (χ2v) is 4.87. The van der Waals surface area contributed by atoms with Gasteiger partial charge in [0.25, 0.3) is 5.91 Å². The second kappa shape index (κ2) is 6.26. The van der Waals surface area contributed by atoms with Crippen molar-refractivity contribution < 1.29 is 9.53 Å². The van der Waals surface area contributed by atoms with Gasteiger partial charge in [0.2, 0.25) is 0 Å². The summed E-state index contributed by atoms with van der Waals surface area (Å²) in [7, 11) is 1.62. The number of nitrogens with zero attached hydrogens (tertiary/aromatic N) is 1. The minimum atomic E-state index is -0.185. The number of aryl methyl sites for hydroxylation is 1. The van der Waals surface area contributed by atoms with Crippen molar-refractivity contribution in [3.8, 4) is 5.75 Å². The van der Waals surface area contributed by atoms with E-state index < -0.39 is 0 Å². The summed E-state index contributed by atoms with van der Waals surface area (Å²) < 4.78 is 5.12. The lowest BCUT2D eigenvalue weighted by Gasteiger charge is -2.15. The van der Waals surface area contributed by atoms with Crippen LogP contribution in [0.5, 0.6) is 5.75 Å². The van der Waals surface area contributed by atoms with E-state index in [1.54, 1.807) is 26.3 Å². The SMILES string of the molecule is COc1ccc(C(C)NC(=O)c2cc(N)cnc2C)cc1. The molecule has 0 aliphatic carbocycles. The van der Waals surface area contributed by atoms with E-state index in [1.807, 2.05) is 31.2 Å². The van der Waals surface area contributed by atoms with E-state index >= 15 is 0 Å². The first-order valence-corrected chi connectivity index (χ1v) is 6.68. The molecule has 0 fully saturated rings. The molecule has 0 bridgehead atoms. The van der Waals surface area contributed by atoms with Crippen molar-refractivity contribution in [2.24, 2.45) is 0 Å². The van der Waals surface area contributed by atoms with E-state index in [4.69, 9.17) is 10.5 Å². The van der Waals surface area contributed by atoms with Crippen molar-refractivity contribution in [3.05, 3.63) is 53.3 Å². The highest BCUT2D eigenvalue weighted by Gasteiger charge is 2.14. The summed E-state index contributed by atoms with van der Waals surface area (Å²) in [4.78, 5) is 16.4. The summed E-state index contributed by atoms with van der Waals surface area (Å²) >= 11 is 0. The summed E-state index contributed by atoms with van der Waals surface area (Å²) in [5, 5.41) is 2.94. The average molecular weight is 285 g/mol. The molecule has 0 saturated heterocycles. The predicted octanol–water partition coefficient (Wildman–Crippen LogP) is 2.47. The smallest absolute Gasteiger partial charge is 0.253 e. The number of nitrogen functional groups attached to an aromatic ring is 1. The maximum atomic E-state index is 12.3. The number of nitrogens with two attached hydrogens (primary N) is 1. The van der Waals surface area contributed by atoms with Gasteiger partial charge in [-0.3, -0.25) is 9.78 Å². The van der Waals surface area contributed by atoms with Gasteiger partial charge in [0.05, 0.1) is 36.3 Å². The first kappa shape index (κ1) is 14.8. The fourth-order valence-electron chi connectivity index (χ4n) is 2.03. The molecule has 2 aromatic rings. The number of hydrogen-bond donors (Lipinski definition) is 2. The van der Waals surface area contributed by atoms with Gasteiger partial charge >= 0.3 is 0 Å². The lowest BCUT2D eigenvalue weighted by Crippen LogP contribution is -2.27. The first-order valence-electron chi connectivity index (χ1n) is 6.68. The van der Waals surface area contributed by atoms with Crippen LogP contribution in [0.25, 0.3) is 0 Å². The third kappa shape index (κ3) is 3.51. The number of aromatic nitrogens is 1.